The first-order valence-electron chi connectivity index (χ1n) is 3.73. The topological polar surface area (TPSA) is 17.3 Å². The number of aromatic nitrogens is 2. The van der Waals surface area contributed by atoms with Crippen molar-refractivity contribution < 1.29 is 0 Å². The van der Waals surface area contributed by atoms with Gasteiger partial charge in [-0.2, -0.15) is 11.3 Å². The van der Waals surface area contributed by atoms with Crippen molar-refractivity contribution in [3.8, 4) is 0 Å². The molecule has 0 radical (unpaired) electrons. The molecule has 2 nitrogen and oxygen atoms in total. The smallest absolute Gasteiger partial charge is 0.145 e. The van der Waals surface area contributed by atoms with Crippen molar-refractivity contribution in [1.82, 2.24) is 9.38 Å². The molecule has 0 amide bonds. The number of pyridine rings is 1. The van der Waals surface area contributed by atoms with Crippen LogP contribution in [0.5, 0.6) is 0 Å². The van der Waals surface area contributed by atoms with Crippen molar-refractivity contribution in [3.63, 3.8) is 0 Å². The van der Waals surface area contributed by atoms with E-state index >= 15 is 0 Å². The van der Waals surface area contributed by atoms with E-state index in [0.29, 0.717) is 0 Å². The fourth-order valence-corrected chi connectivity index (χ4v) is 2.22. The van der Waals surface area contributed by atoms with Crippen LogP contribution in [0.1, 0.15) is 0 Å². The Balaban J connectivity index is 2.71. The molecule has 0 atom stereocenters. The second-order valence-corrected chi connectivity index (χ2v) is 3.46. The molecule has 3 aromatic heterocycles. The van der Waals surface area contributed by atoms with E-state index in [9.17, 15) is 0 Å². The Kier molecular flexibility index (Phi) is 1.07. The lowest BCUT2D eigenvalue weighted by atomic mass is 10.3. The van der Waals surface area contributed by atoms with Crippen LogP contribution in [0.25, 0.3) is 16.4 Å². The fraction of sp³-hybridized carbons (Fsp3) is 0. The van der Waals surface area contributed by atoms with Crippen molar-refractivity contribution in [3.05, 3.63) is 35.4 Å². The summed E-state index contributed by atoms with van der Waals surface area (Å²) >= 11 is 1.72. The van der Waals surface area contributed by atoms with Crippen LogP contribution in [0.4, 0.5) is 0 Å². The lowest BCUT2D eigenvalue weighted by Gasteiger charge is -1.93. The van der Waals surface area contributed by atoms with E-state index in [0.717, 1.165) is 5.65 Å². The molecule has 3 rings (SSSR count). The van der Waals surface area contributed by atoms with Crippen molar-refractivity contribution in [2.45, 2.75) is 0 Å². The number of imidazole rings is 1. The fourth-order valence-electron chi connectivity index (χ4n) is 1.42. The molecule has 0 saturated heterocycles. The van der Waals surface area contributed by atoms with Crippen LogP contribution in [0.2, 0.25) is 0 Å². The van der Waals surface area contributed by atoms with Gasteiger partial charge in [-0.1, -0.05) is 0 Å². The van der Waals surface area contributed by atoms with Gasteiger partial charge in [0.1, 0.15) is 5.65 Å². The number of hydrogen-bond donors (Lipinski definition) is 0. The van der Waals surface area contributed by atoms with E-state index in [-0.39, 0.29) is 0 Å². The molecule has 3 heteroatoms. The summed E-state index contributed by atoms with van der Waals surface area (Å²) in [6.45, 7) is 0. The molecule has 0 bridgehead atoms. The Hall–Kier alpha value is -1.35. The van der Waals surface area contributed by atoms with Crippen molar-refractivity contribution in [2.24, 2.45) is 0 Å². The third-order valence-electron chi connectivity index (χ3n) is 2.02. The zero-order chi connectivity index (χ0) is 7.97. The summed E-state index contributed by atoms with van der Waals surface area (Å²) in [5.74, 6) is 0. The first kappa shape index (κ1) is 6.20. The molecule has 12 heavy (non-hydrogen) atoms. The van der Waals surface area contributed by atoms with Gasteiger partial charge in [-0.3, -0.25) is 0 Å². The molecule has 0 saturated carbocycles. The highest BCUT2D eigenvalue weighted by molar-refractivity contribution is 7.09. The minimum atomic E-state index is 1.05. The summed E-state index contributed by atoms with van der Waals surface area (Å²) in [6, 6.07) is 2.11. The second-order valence-electron chi connectivity index (χ2n) is 2.71. The van der Waals surface area contributed by atoms with Crippen LogP contribution in [-0.2, 0) is 0 Å². The van der Waals surface area contributed by atoms with Crippen LogP contribution in [0.15, 0.2) is 35.4 Å². The van der Waals surface area contributed by atoms with Gasteiger partial charge in [0, 0.05) is 29.4 Å². The maximum Gasteiger partial charge on any atom is 0.145 e. The minimum absolute atomic E-state index is 1.05. The number of hydrogen-bond acceptors (Lipinski definition) is 2. The standard InChI is InChI=1S/C9H6N2S/c1-3-11-4-2-10-9(11)8-6-12-5-7(1)8/h1-6H. The van der Waals surface area contributed by atoms with E-state index in [1.54, 1.807) is 11.3 Å². The van der Waals surface area contributed by atoms with Gasteiger partial charge in [0.25, 0.3) is 0 Å². The van der Waals surface area contributed by atoms with Gasteiger partial charge in [-0.05, 0) is 16.8 Å². The van der Waals surface area contributed by atoms with Gasteiger partial charge in [-0.15, -0.1) is 0 Å². The van der Waals surface area contributed by atoms with Crippen molar-refractivity contribution in [2.75, 3.05) is 0 Å². The summed E-state index contributed by atoms with van der Waals surface area (Å²) in [6.07, 6.45) is 5.83. The van der Waals surface area contributed by atoms with Crippen LogP contribution in [0, 0.1) is 0 Å². The third kappa shape index (κ3) is 0.662. The van der Waals surface area contributed by atoms with E-state index in [1.807, 2.05) is 23.0 Å². The van der Waals surface area contributed by atoms with Gasteiger partial charge in [0.05, 0.1) is 0 Å². The summed E-state index contributed by atoms with van der Waals surface area (Å²) in [4.78, 5) is 4.29. The molecule has 3 aromatic rings. The number of rotatable bonds is 0. The van der Waals surface area contributed by atoms with Gasteiger partial charge < -0.3 is 4.40 Å². The summed E-state index contributed by atoms with van der Waals surface area (Å²) in [5.41, 5.74) is 1.05. The highest BCUT2D eigenvalue weighted by Crippen LogP contribution is 2.22. The van der Waals surface area contributed by atoms with Crippen LogP contribution in [0.3, 0.4) is 0 Å². The Morgan fingerprint density at radius 2 is 2.25 bits per heavy atom. The Labute approximate surface area is 73.1 Å². The van der Waals surface area contributed by atoms with Gasteiger partial charge >= 0.3 is 0 Å². The van der Waals surface area contributed by atoms with Crippen molar-refractivity contribution in [1.29, 1.82) is 0 Å². The lowest BCUT2D eigenvalue weighted by molar-refractivity contribution is 1.20. The highest BCUT2D eigenvalue weighted by atomic mass is 32.1. The monoisotopic (exact) mass is 174 g/mol. The Bertz CT molecular complexity index is 486. The maximum absolute atomic E-state index is 4.29. The van der Waals surface area contributed by atoms with Crippen LogP contribution >= 0.6 is 11.3 Å². The predicted octanol–water partition coefficient (Wildman–Crippen LogP) is 2.55. The SMILES string of the molecule is c1cn2ccc3cscc3c2n1. The van der Waals surface area contributed by atoms with Crippen LogP contribution in [-0.4, -0.2) is 9.38 Å². The molecule has 0 aliphatic rings. The molecule has 0 unspecified atom stereocenters. The number of nitrogens with zero attached hydrogens (tertiary/aromatic N) is 2. The average Bonchev–Trinajstić information content (AvgIpc) is 2.71. The summed E-state index contributed by atoms with van der Waals surface area (Å²) in [7, 11) is 0. The van der Waals surface area contributed by atoms with E-state index in [2.05, 4.69) is 21.8 Å². The van der Waals surface area contributed by atoms with Crippen molar-refractivity contribution >= 4 is 27.8 Å². The first-order valence-corrected chi connectivity index (χ1v) is 4.67. The Morgan fingerprint density at radius 3 is 3.25 bits per heavy atom. The molecular formula is C9H6N2S. The highest BCUT2D eigenvalue weighted by Gasteiger charge is 2.00. The van der Waals surface area contributed by atoms with Gasteiger partial charge in [0.2, 0.25) is 0 Å². The summed E-state index contributed by atoms with van der Waals surface area (Å²) < 4.78 is 2.04. The molecule has 0 N–H and O–H groups in total. The quantitative estimate of drug-likeness (QED) is 0.512. The molecule has 0 aliphatic heterocycles. The zero-order valence-electron chi connectivity index (χ0n) is 6.27. The minimum Gasteiger partial charge on any atom is -0.307 e. The predicted molar refractivity (Wildman–Crippen MR) is 50.6 cm³/mol. The van der Waals surface area contributed by atoms with Crippen LogP contribution < -0.4 is 0 Å². The maximum atomic E-state index is 4.29. The normalized spacial score (nSPS) is 11.3. The molecule has 0 aromatic carbocycles. The molecule has 0 aliphatic carbocycles. The number of fused-ring (bicyclic) bond motifs is 3. The van der Waals surface area contributed by atoms with E-state index in [1.165, 1.54) is 10.8 Å². The first-order chi connectivity index (χ1) is 5.95. The molecule has 3 heterocycles. The molecular weight excluding hydrogens is 168 g/mol. The zero-order valence-corrected chi connectivity index (χ0v) is 7.08. The second kappa shape index (κ2) is 2.08. The lowest BCUT2D eigenvalue weighted by Crippen LogP contribution is -1.80. The average molecular weight is 174 g/mol. The largest absolute Gasteiger partial charge is 0.307 e. The molecule has 0 fully saturated rings. The molecule has 58 valence electrons. The van der Waals surface area contributed by atoms with E-state index < -0.39 is 0 Å². The summed E-state index contributed by atoms with van der Waals surface area (Å²) in [5, 5.41) is 6.80. The van der Waals surface area contributed by atoms with E-state index in [4.69, 9.17) is 0 Å². The van der Waals surface area contributed by atoms with Gasteiger partial charge in [0.15, 0.2) is 0 Å². The molecule has 0 spiro atoms. The Morgan fingerprint density at radius 1 is 1.25 bits per heavy atom. The van der Waals surface area contributed by atoms with Gasteiger partial charge in [-0.25, -0.2) is 4.98 Å². The number of thiophene rings is 1. The third-order valence-corrected chi connectivity index (χ3v) is 2.78.